The van der Waals surface area contributed by atoms with Gasteiger partial charge in [-0.15, -0.1) is 0 Å². The highest BCUT2D eigenvalue weighted by molar-refractivity contribution is 9.10. The van der Waals surface area contributed by atoms with Gasteiger partial charge in [-0.1, -0.05) is 20.8 Å². The molecule has 2 atom stereocenters. The van der Waals surface area contributed by atoms with Gasteiger partial charge in [0.15, 0.2) is 0 Å². The van der Waals surface area contributed by atoms with Gasteiger partial charge in [-0.25, -0.2) is 0 Å². The summed E-state index contributed by atoms with van der Waals surface area (Å²) in [4.78, 5) is 2.30. The number of aliphatic hydroxyl groups excluding tert-OH is 1. The predicted octanol–water partition coefficient (Wildman–Crippen LogP) is 2.84. The minimum absolute atomic E-state index is 0.323. The highest BCUT2D eigenvalue weighted by atomic mass is 79.9. The van der Waals surface area contributed by atoms with Gasteiger partial charge in [-0.2, -0.15) is 5.10 Å². The predicted molar refractivity (Wildman–Crippen MR) is 88.4 cm³/mol. The summed E-state index contributed by atoms with van der Waals surface area (Å²) < 4.78 is 7.80. The third-order valence-electron chi connectivity index (χ3n) is 4.39. The van der Waals surface area contributed by atoms with Crippen LogP contribution in [0.1, 0.15) is 45.9 Å². The first-order chi connectivity index (χ1) is 9.96. The Hall–Kier alpha value is -0.430. The molecular weight excluding hydrogens is 334 g/mol. The van der Waals surface area contributed by atoms with Crippen molar-refractivity contribution in [1.82, 2.24) is 14.7 Å². The normalized spacial score (nSPS) is 16.2. The van der Waals surface area contributed by atoms with Crippen LogP contribution in [0.4, 0.5) is 0 Å². The van der Waals surface area contributed by atoms with E-state index in [-0.39, 0.29) is 5.54 Å². The van der Waals surface area contributed by atoms with E-state index < -0.39 is 6.10 Å². The van der Waals surface area contributed by atoms with E-state index in [2.05, 4.69) is 53.6 Å². The summed E-state index contributed by atoms with van der Waals surface area (Å²) in [6.45, 7) is 11.5. The molecule has 1 heterocycles. The molecule has 0 saturated carbocycles. The Balaban J connectivity index is 3.15. The fourth-order valence-electron chi connectivity index (χ4n) is 2.83. The van der Waals surface area contributed by atoms with Crippen LogP contribution in [-0.2, 0) is 11.3 Å². The van der Waals surface area contributed by atoms with E-state index in [4.69, 9.17) is 4.74 Å². The summed E-state index contributed by atoms with van der Waals surface area (Å²) in [6.07, 6.45) is 1.99. The van der Waals surface area contributed by atoms with E-state index in [1.807, 2.05) is 4.68 Å². The summed E-state index contributed by atoms with van der Waals surface area (Å²) in [6, 6.07) is 0. The molecule has 1 N–H and O–H groups in total. The first-order valence-electron chi connectivity index (χ1n) is 7.59. The van der Waals surface area contributed by atoms with Gasteiger partial charge in [0.2, 0.25) is 0 Å². The van der Waals surface area contributed by atoms with E-state index in [0.717, 1.165) is 29.7 Å². The second-order valence-electron chi connectivity index (χ2n) is 5.38. The van der Waals surface area contributed by atoms with Crippen LogP contribution in [0.2, 0.25) is 0 Å². The van der Waals surface area contributed by atoms with Gasteiger partial charge in [-0.3, -0.25) is 9.58 Å². The Morgan fingerprint density at radius 2 is 2.05 bits per heavy atom. The molecule has 1 rings (SSSR count). The van der Waals surface area contributed by atoms with Crippen LogP contribution >= 0.6 is 15.9 Å². The molecule has 1 aromatic heterocycles. The molecule has 1 aromatic rings. The number of rotatable bonds is 9. The molecule has 122 valence electrons. The molecule has 0 fully saturated rings. The topological polar surface area (TPSA) is 50.5 Å². The lowest BCUT2D eigenvalue weighted by atomic mass is 9.87. The van der Waals surface area contributed by atoms with Gasteiger partial charge in [0.1, 0.15) is 6.10 Å². The van der Waals surface area contributed by atoms with Crippen molar-refractivity contribution in [2.45, 2.75) is 52.3 Å². The van der Waals surface area contributed by atoms with E-state index in [1.54, 1.807) is 13.3 Å². The lowest BCUT2D eigenvalue weighted by Gasteiger charge is -2.43. The number of methoxy groups -OCH3 is 1. The van der Waals surface area contributed by atoms with Gasteiger partial charge in [0, 0.05) is 12.6 Å². The second kappa shape index (κ2) is 8.27. The highest BCUT2D eigenvalue weighted by Crippen LogP contribution is 2.37. The Labute approximate surface area is 136 Å². The molecular formula is C15H28BrN3O2. The minimum Gasteiger partial charge on any atom is -0.385 e. The second-order valence-corrected chi connectivity index (χ2v) is 6.23. The molecule has 0 aliphatic heterocycles. The monoisotopic (exact) mass is 361 g/mol. The molecule has 0 aliphatic carbocycles. The van der Waals surface area contributed by atoms with Gasteiger partial charge in [0.05, 0.1) is 29.5 Å². The lowest BCUT2D eigenvalue weighted by Crippen LogP contribution is -2.50. The van der Waals surface area contributed by atoms with E-state index in [1.165, 1.54) is 0 Å². The average Bonchev–Trinajstić information content (AvgIpc) is 2.85. The van der Waals surface area contributed by atoms with Gasteiger partial charge in [-0.05, 0) is 42.4 Å². The average molecular weight is 362 g/mol. The Morgan fingerprint density at radius 1 is 1.43 bits per heavy atom. The number of halogens is 1. The number of hydrogen-bond donors (Lipinski definition) is 1. The molecule has 21 heavy (non-hydrogen) atoms. The number of aromatic nitrogens is 2. The summed E-state index contributed by atoms with van der Waals surface area (Å²) in [7, 11) is 1.67. The Kier molecular flexibility index (Phi) is 7.33. The van der Waals surface area contributed by atoms with Crippen molar-refractivity contribution in [3.05, 3.63) is 16.4 Å². The van der Waals surface area contributed by atoms with Gasteiger partial charge < -0.3 is 9.84 Å². The van der Waals surface area contributed by atoms with Gasteiger partial charge >= 0.3 is 0 Å². The number of aliphatic hydroxyl groups is 1. The van der Waals surface area contributed by atoms with Crippen molar-refractivity contribution in [2.75, 3.05) is 26.8 Å². The molecule has 2 unspecified atom stereocenters. The van der Waals surface area contributed by atoms with Crippen LogP contribution in [0, 0.1) is 0 Å². The molecule has 0 radical (unpaired) electrons. The summed E-state index contributed by atoms with van der Waals surface area (Å²) >= 11 is 3.52. The van der Waals surface area contributed by atoms with Crippen molar-refractivity contribution in [1.29, 1.82) is 0 Å². The van der Waals surface area contributed by atoms with Crippen LogP contribution in [-0.4, -0.2) is 52.1 Å². The summed E-state index contributed by atoms with van der Waals surface area (Å²) in [5.41, 5.74) is 0.500. The molecule has 0 amide bonds. The quantitative estimate of drug-likeness (QED) is 0.734. The largest absolute Gasteiger partial charge is 0.385 e. The smallest absolute Gasteiger partial charge is 0.115 e. The number of nitrogens with zero attached hydrogens (tertiary/aromatic N) is 3. The lowest BCUT2D eigenvalue weighted by molar-refractivity contribution is -0.0267. The molecule has 0 saturated heterocycles. The van der Waals surface area contributed by atoms with Crippen LogP contribution in [0.15, 0.2) is 10.7 Å². The van der Waals surface area contributed by atoms with Crippen LogP contribution in [0.25, 0.3) is 0 Å². The Bertz CT molecular complexity index is 435. The number of ether oxygens (including phenoxy) is 1. The first kappa shape index (κ1) is 18.6. The molecule has 0 bridgehead atoms. The van der Waals surface area contributed by atoms with Crippen molar-refractivity contribution in [3.63, 3.8) is 0 Å². The maximum atomic E-state index is 11.0. The Morgan fingerprint density at radius 3 is 2.52 bits per heavy atom. The molecule has 0 aliphatic rings. The maximum absolute atomic E-state index is 11.0. The van der Waals surface area contributed by atoms with Crippen molar-refractivity contribution in [3.8, 4) is 0 Å². The third-order valence-corrected chi connectivity index (χ3v) is 5.00. The fourth-order valence-corrected chi connectivity index (χ4v) is 3.34. The molecule has 5 nitrogen and oxygen atoms in total. The zero-order valence-electron chi connectivity index (χ0n) is 13.8. The zero-order chi connectivity index (χ0) is 16.0. The third kappa shape index (κ3) is 3.86. The van der Waals surface area contributed by atoms with Crippen LogP contribution in [0.3, 0.4) is 0 Å². The molecule has 6 heteroatoms. The van der Waals surface area contributed by atoms with Crippen molar-refractivity contribution >= 4 is 15.9 Å². The van der Waals surface area contributed by atoms with E-state index in [0.29, 0.717) is 13.2 Å². The summed E-state index contributed by atoms with van der Waals surface area (Å²) in [5.74, 6) is 0. The highest BCUT2D eigenvalue weighted by Gasteiger charge is 2.39. The van der Waals surface area contributed by atoms with Crippen LogP contribution < -0.4 is 0 Å². The minimum atomic E-state index is -0.615. The number of hydrogen-bond acceptors (Lipinski definition) is 4. The maximum Gasteiger partial charge on any atom is 0.115 e. The van der Waals surface area contributed by atoms with Crippen molar-refractivity contribution < 1.29 is 9.84 Å². The SMILES string of the molecule is CCN(CC)C(C)(CC)C(O)c1c(Br)cnn1CCOC. The fraction of sp³-hybridized carbons (Fsp3) is 0.800. The van der Waals surface area contributed by atoms with E-state index in [9.17, 15) is 5.11 Å². The van der Waals surface area contributed by atoms with Crippen molar-refractivity contribution in [2.24, 2.45) is 0 Å². The molecule has 0 aromatic carbocycles. The number of likely N-dealkylation sites (N-methyl/N-ethyl adjacent to an activating group) is 1. The first-order valence-corrected chi connectivity index (χ1v) is 8.38. The van der Waals surface area contributed by atoms with E-state index >= 15 is 0 Å². The van der Waals surface area contributed by atoms with Gasteiger partial charge in [0.25, 0.3) is 0 Å². The van der Waals surface area contributed by atoms with Crippen LogP contribution in [0.5, 0.6) is 0 Å². The zero-order valence-corrected chi connectivity index (χ0v) is 15.4. The molecule has 0 spiro atoms. The summed E-state index contributed by atoms with van der Waals surface area (Å²) in [5, 5.41) is 15.4. The standard InChI is InChI=1S/C15H28BrN3O2/c1-6-15(4,18(7-2)8-3)14(20)13-12(16)11-17-19(13)9-10-21-5/h11,14,20H,6-10H2,1-5H3.